The van der Waals surface area contributed by atoms with E-state index in [1.807, 2.05) is 0 Å². The van der Waals surface area contributed by atoms with Gasteiger partial charge >= 0.3 is 6.18 Å². The molecular weight excluding hydrogens is 400 g/mol. The van der Waals surface area contributed by atoms with E-state index in [1.54, 1.807) is 6.07 Å². The van der Waals surface area contributed by atoms with E-state index in [9.17, 15) is 30.8 Å². The Hall–Kier alpha value is -2.46. The van der Waals surface area contributed by atoms with E-state index in [0.29, 0.717) is 6.07 Å². The van der Waals surface area contributed by atoms with Crippen molar-refractivity contribution in [3.05, 3.63) is 65.5 Å². The normalized spacial score (nSPS) is 13.2. The first kappa shape index (κ1) is 21.8. The topological polar surface area (TPSA) is 66.5 Å². The van der Waals surface area contributed by atoms with Crippen LogP contribution in [0.25, 0.3) is 0 Å². The van der Waals surface area contributed by atoms with Gasteiger partial charge in [0.25, 0.3) is 0 Å². The third-order valence-corrected chi connectivity index (χ3v) is 5.45. The fraction of sp³-hybridized carbons (Fsp3) is 0.278. The van der Waals surface area contributed by atoms with E-state index in [0.717, 1.165) is 23.1 Å². The number of alkyl halides is 3. The summed E-state index contributed by atoms with van der Waals surface area (Å²) in [6, 6.07) is 7.73. The van der Waals surface area contributed by atoms with Crippen LogP contribution in [-0.2, 0) is 27.5 Å². The van der Waals surface area contributed by atoms with Gasteiger partial charge in [0.15, 0.2) is 0 Å². The molecule has 0 aromatic heterocycles. The van der Waals surface area contributed by atoms with Crippen LogP contribution in [0, 0.1) is 5.82 Å². The second-order valence-electron chi connectivity index (χ2n) is 6.15. The summed E-state index contributed by atoms with van der Waals surface area (Å²) in [5.74, 6) is -1.18. The number of halogens is 4. The van der Waals surface area contributed by atoms with E-state index >= 15 is 0 Å². The molecule has 2 aromatic rings. The predicted molar refractivity (Wildman–Crippen MR) is 94.1 cm³/mol. The summed E-state index contributed by atoms with van der Waals surface area (Å²) in [6.07, 6.45) is -4.70. The maximum absolute atomic E-state index is 13.7. The summed E-state index contributed by atoms with van der Waals surface area (Å²) >= 11 is 0. The average Bonchev–Trinajstić information content (AvgIpc) is 2.62. The van der Waals surface area contributed by atoms with Crippen LogP contribution in [-0.4, -0.2) is 32.3 Å². The first-order valence-corrected chi connectivity index (χ1v) is 9.58. The fourth-order valence-corrected chi connectivity index (χ4v) is 3.72. The molecule has 0 aliphatic heterocycles. The monoisotopic (exact) mass is 418 g/mol. The molecular formula is C18H18F4N2O3S. The molecule has 10 heteroatoms. The van der Waals surface area contributed by atoms with Crippen molar-refractivity contribution in [3.63, 3.8) is 0 Å². The number of carbonyl (C=O) groups is 1. The first-order chi connectivity index (χ1) is 12.9. The highest BCUT2D eigenvalue weighted by molar-refractivity contribution is 7.89. The summed E-state index contributed by atoms with van der Waals surface area (Å²) in [5.41, 5.74) is -0.877. The van der Waals surface area contributed by atoms with Crippen molar-refractivity contribution in [1.29, 1.82) is 0 Å². The molecule has 1 amide bonds. The highest BCUT2D eigenvalue weighted by atomic mass is 32.2. The summed E-state index contributed by atoms with van der Waals surface area (Å²) in [5, 5.41) is 0. The smallest absolute Gasteiger partial charge is 0.340 e. The van der Waals surface area contributed by atoms with Crippen LogP contribution in [0.4, 0.5) is 17.6 Å². The van der Waals surface area contributed by atoms with Crippen molar-refractivity contribution in [3.8, 4) is 0 Å². The number of benzene rings is 2. The minimum atomic E-state index is -4.70. The standard InChI is InChI=1S/C18H18F4N2O3S/c1-12(17(25)24(2)11-13-6-3-4-9-16(13)19)23-28(26,27)15-8-5-7-14(10-15)18(20,21)22/h3-10,12,23H,11H2,1-2H3. The Bertz CT molecular complexity index is 961. The van der Waals surface area contributed by atoms with Gasteiger partial charge in [-0.25, -0.2) is 12.8 Å². The molecule has 1 atom stereocenters. The zero-order chi connectivity index (χ0) is 21.1. The minimum Gasteiger partial charge on any atom is -0.340 e. The molecule has 0 heterocycles. The van der Waals surface area contributed by atoms with Gasteiger partial charge in [0, 0.05) is 19.2 Å². The summed E-state index contributed by atoms with van der Waals surface area (Å²) in [4.78, 5) is 12.9. The average molecular weight is 418 g/mol. The molecule has 0 aliphatic carbocycles. The second kappa shape index (κ2) is 8.27. The molecule has 0 spiro atoms. The Kier molecular flexibility index (Phi) is 6.45. The van der Waals surface area contributed by atoms with Gasteiger partial charge in [-0.15, -0.1) is 0 Å². The SMILES string of the molecule is CC(NS(=O)(=O)c1cccc(C(F)(F)F)c1)C(=O)N(C)Cc1ccccc1F. The molecule has 0 radical (unpaired) electrons. The lowest BCUT2D eigenvalue weighted by Gasteiger charge is -2.22. The van der Waals surface area contributed by atoms with Crippen LogP contribution in [0.5, 0.6) is 0 Å². The maximum Gasteiger partial charge on any atom is 0.416 e. The highest BCUT2D eigenvalue weighted by Gasteiger charge is 2.32. The largest absolute Gasteiger partial charge is 0.416 e. The van der Waals surface area contributed by atoms with E-state index < -0.39 is 44.4 Å². The van der Waals surface area contributed by atoms with Crippen molar-refractivity contribution >= 4 is 15.9 Å². The van der Waals surface area contributed by atoms with Gasteiger partial charge in [0.2, 0.25) is 15.9 Å². The number of likely N-dealkylation sites (N-methyl/N-ethyl adjacent to an activating group) is 1. The number of nitrogens with one attached hydrogen (secondary N) is 1. The Morgan fingerprint density at radius 1 is 1.14 bits per heavy atom. The van der Waals surface area contributed by atoms with Gasteiger partial charge in [0.05, 0.1) is 16.5 Å². The number of rotatable bonds is 6. The second-order valence-corrected chi connectivity index (χ2v) is 7.87. The Morgan fingerprint density at radius 2 is 1.79 bits per heavy atom. The zero-order valence-electron chi connectivity index (χ0n) is 15.0. The molecule has 0 saturated carbocycles. The van der Waals surface area contributed by atoms with Crippen molar-refractivity contribution in [2.75, 3.05) is 7.05 Å². The number of sulfonamides is 1. The van der Waals surface area contributed by atoms with Gasteiger partial charge in [-0.05, 0) is 31.2 Å². The number of amides is 1. The Morgan fingerprint density at radius 3 is 2.39 bits per heavy atom. The van der Waals surface area contributed by atoms with Crippen molar-refractivity contribution in [2.24, 2.45) is 0 Å². The predicted octanol–water partition coefficient (Wildman–Crippen LogP) is 3.17. The van der Waals surface area contributed by atoms with E-state index in [4.69, 9.17) is 0 Å². The molecule has 0 fully saturated rings. The highest BCUT2D eigenvalue weighted by Crippen LogP contribution is 2.30. The number of carbonyl (C=O) groups excluding carboxylic acids is 1. The first-order valence-electron chi connectivity index (χ1n) is 8.10. The molecule has 0 aliphatic rings. The van der Waals surface area contributed by atoms with Gasteiger partial charge in [-0.2, -0.15) is 17.9 Å². The van der Waals surface area contributed by atoms with Crippen LogP contribution >= 0.6 is 0 Å². The van der Waals surface area contributed by atoms with Gasteiger partial charge in [0.1, 0.15) is 5.82 Å². The van der Waals surface area contributed by atoms with Crippen LogP contribution in [0.1, 0.15) is 18.1 Å². The number of hydrogen-bond donors (Lipinski definition) is 1. The van der Waals surface area contributed by atoms with Crippen LogP contribution < -0.4 is 4.72 Å². The molecule has 5 nitrogen and oxygen atoms in total. The van der Waals surface area contributed by atoms with Crippen LogP contribution in [0.15, 0.2) is 53.4 Å². The molecule has 1 unspecified atom stereocenters. The molecule has 2 aromatic carbocycles. The lowest BCUT2D eigenvalue weighted by molar-refractivity contribution is -0.137. The van der Waals surface area contributed by atoms with Crippen molar-refractivity contribution < 1.29 is 30.8 Å². The number of hydrogen-bond acceptors (Lipinski definition) is 3. The Balaban J connectivity index is 2.13. The summed E-state index contributed by atoms with van der Waals surface area (Å²) in [7, 11) is -3.01. The van der Waals surface area contributed by atoms with Crippen LogP contribution in [0.2, 0.25) is 0 Å². The lowest BCUT2D eigenvalue weighted by Crippen LogP contribution is -2.45. The quantitative estimate of drug-likeness (QED) is 0.733. The lowest BCUT2D eigenvalue weighted by atomic mass is 10.2. The van der Waals surface area contributed by atoms with Gasteiger partial charge in [-0.1, -0.05) is 24.3 Å². The Labute approximate surface area is 160 Å². The molecule has 152 valence electrons. The van der Waals surface area contributed by atoms with E-state index in [-0.39, 0.29) is 12.1 Å². The van der Waals surface area contributed by atoms with Gasteiger partial charge in [-0.3, -0.25) is 4.79 Å². The van der Waals surface area contributed by atoms with E-state index in [1.165, 1.54) is 32.2 Å². The zero-order valence-corrected chi connectivity index (χ0v) is 15.8. The molecule has 0 saturated heterocycles. The summed E-state index contributed by atoms with van der Waals surface area (Å²) in [6.45, 7) is 1.16. The third-order valence-electron chi connectivity index (χ3n) is 3.92. The fourth-order valence-electron chi connectivity index (χ4n) is 2.48. The maximum atomic E-state index is 13.7. The molecule has 28 heavy (non-hydrogen) atoms. The van der Waals surface area contributed by atoms with Crippen molar-refractivity contribution in [2.45, 2.75) is 30.6 Å². The van der Waals surface area contributed by atoms with Gasteiger partial charge < -0.3 is 4.90 Å². The summed E-state index contributed by atoms with van der Waals surface area (Å²) < 4.78 is 78.8. The minimum absolute atomic E-state index is 0.0961. The van der Waals surface area contributed by atoms with E-state index in [2.05, 4.69) is 4.72 Å². The molecule has 0 bridgehead atoms. The molecule has 2 rings (SSSR count). The molecule has 1 N–H and O–H groups in total. The third kappa shape index (κ3) is 5.29. The van der Waals surface area contributed by atoms with Crippen molar-refractivity contribution in [1.82, 2.24) is 9.62 Å². The van der Waals surface area contributed by atoms with Crippen LogP contribution in [0.3, 0.4) is 0 Å². The number of nitrogens with zero attached hydrogens (tertiary/aromatic N) is 1.